The fourth-order valence-corrected chi connectivity index (χ4v) is 2.17. The molecule has 3 N–H and O–H groups in total. The third-order valence-corrected chi connectivity index (χ3v) is 3.59. The molecule has 5 heteroatoms. The monoisotopic (exact) mass is 290 g/mol. The van der Waals surface area contributed by atoms with E-state index in [0.29, 0.717) is 25.9 Å². The van der Waals surface area contributed by atoms with Gasteiger partial charge in [-0.2, -0.15) is 0 Å². The van der Waals surface area contributed by atoms with Gasteiger partial charge in [-0.15, -0.1) is 0 Å². The third kappa shape index (κ3) is 3.98. The van der Waals surface area contributed by atoms with Crippen LogP contribution >= 0.6 is 0 Å². The van der Waals surface area contributed by atoms with E-state index in [1.54, 1.807) is 0 Å². The Labute approximate surface area is 124 Å². The van der Waals surface area contributed by atoms with Crippen LogP contribution < -0.4 is 10.6 Å². The Kier molecular flexibility index (Phi) is 5.22. The highest BCUT2D eigenvalue weighted by Gasteiger charge is 2.10. The van der Waals surface area contributed by atoms with Gasteiger partial charge < -0.3 is 20.2 Å². The molecule has 1 atom stereocenters. The van der Waals surface area contributed by atoms with Crippen molar-refractivity contribution in [3.63, 3.8) is 0 Å². The van der Waals surface area contributed by atoms with Crippen molar-refractivity contribution in [2.45, 2.75) is 39.3 Å². The third-order valence-electron chi connectivity index (χ3n) is 3.59. The summed E-state index contributed by atoms with van der Waals surface area (Å²) >= 11 is 0. The number of benzene rings is 1. The number of aliphatic hydroxyl groups excluding tert-OH is 1. The molecule has 0 fully saturated rings. The average molecular weight is 290 g/mol. The standard InChI is InChI=1S/C16H22N2O3/c1-3-12(19)8-9-17-16(20)18-10-15-11(2)13-6-4-5-7-14(13)21-15/h4-7,12,19H,3,8-10H2,1-2H3,(H2,17,18,20). The minimum Gasteiger partial charge on any atom is -0.459 e. The predicted octanol–water partition coefficient (Wildman–Crippen LogP) is 2.70. The first-order valence-corrected chi connectivity index (χ1v) is 7.28. The molecule has 5 nitrogen and oxygen atoms in total. The lowest BCUT2D eigenvalue weighted by molar-refractivity contribution is 0.160. The molecule has 2 amide bonds. The quantitative estimate of drug-likeness (QED) is 0.765. The highest BCUT2D eigenvalue weighted by atomic mass is 16.3. The van der Waals surface area contributed by atoms with Crippen molar-refractivity contribution in [1.82, 2.24) is 10.6 Å². The zero-order valence-corrected chi connectivity index (χ0v) is 12.5. The molecule has 114 valence electrons. The molecule has 0 aliphatic rings. The number of aliphatic hydroxyl groups is 1. The predicted molar refractivity (Wildman–Crippen MR) is 82.1 cm³/mol. The second-order valence-corrected chi connectivity index (χ2v) is 5.11. The summed E-state index contributed by atoms with van der Waals surface area (Å²) in [4.78, 5) is 11.7. The summed E-state index contributed by atoms with van der Waals surface area (Å²) in [6.45, 7) is 4.70. The second-order valence-electron chi connectivity index (χ2n) is 5.11. The van der Waals surface area contributed by atoms with Crippen LogP contribution in [0.15, 0.2) is 28.7 Å². The maximum atomic E-state index is 11.7. The summed E-state index contributed by atoms with van der Waals surface area (Å²) in [5.74, 6) is 0.764. The maximum Gasteiger partial charge on any atom is 0.315 e. The van der Waals surface area contributed by atoms with E-state index in [1.807, 2.05) is 38.1 Å². The molecule has 21 heavy (non-hydrogen) atoms. The number of nitrogens with one attached hydrogen (secondary N) is 2. The van der Waals surface area contributed by atoms with Crippen molar-refractivity contribution < 1.29 is 14.3 Å². The molecule has 0 bridgehead atoms. The summed E-state index contributed by atoms with van der Waals surface area (Å²) in [6, 6.07) is 7.56. The number of hydrogen-bond acceptors (Lipinski definition) is 3. The molecule has 1 aromatic carbocycles. The van der Waals surface area contributed by atoms with E-state index >= 15 is 0 Å². The van der Waals surface area contributed by atoms with Crippen LogP contribution in [0.4, 0.5) is 4.79 Å². The highest BCUT2D eigenvalue weighted by molar-refractivity contribution is 5.82. The lowest BCUT2D eigenvalue weighted by Crippen LogP contribution is -2.36. The topological polar surface area (TPSA) is 74.5 Å². The van der Waals surface area contributed by atoms with Crippen LogP contribution in [0.3, 0.4) is 0 Å². The molecule has 1 heterocycles. The van der Waals surface area contributed by atoms with E-state index in [2.05, 4.69) is 10.6 Å². The van der Waals surface area contributed by atoms with Crippen LogP contribution in [-0.4, -0.2) is 23.8 Å². The molecule has 1 unspecified atom stereocenters. The first-order valence-electron chi connectivity index (χ1n) is 7.28. The van der Waals surface area contributed by atoms with Crippen LogP contribution in [-0.2, 0) is 6.54 Å². The van der Waals surface area contributed by atoms with E-state index in [-0.39, 0.29) is 12.1 Å². The van der Waals surface area contributed by atoms with Crippen LogP contribution in [0.25, 0.3) is 11.0 Å². The number of fused-ring (bicyclic) bond motifs is 1. The number of rotatable bonds is 6. The number of hydrogen-bond donors (Lipinski definition) is 3. The Morgan fingerprint density at radius 1 is 1.33 bits per heavy atom. The molecule has 2 rings (SSSR count). The van der Waals surface area contributed by atoms with Gasteiger partial charge in [0.25, 0.3) is 0 Å². The molecular formula is C16H22N2O3. The van der Waals surface area contributed by atoms with Gasteiger partial charge in [-0.25, -0.2) is 4.79 Å². The number of carbonyl (C=O) groups is 1. The summed E-state index contributed by atoms with van der Waals surface area (Å²) in [5, 5.41) is 16.0. The smallest absolute Gasteiger partial charge is 0.315 e. The number of amides is 2. The van der Waals surface area contributed by atoms with Crippen molar-refractivity contribution >= 4 is 17.0 Å². The number of para-hydroxylation sites is 1. The molecule has 0 aliphatic heterocycles. The Balaban J connectivity index is 1.84. The maximum absolute atomic E-state index is 11.7. The van der Waals surface area contributed by atoms with Crippen LogP contribution in [0.5, 0.6) is 0 Å². The Hall–Kier alpha value is -2.01. The normalized spacial score (nSPS) is 12.3. The highest BCUT2D eigenvalue weighted by Crippen LogP contribution is 2.24. The largest absolute Gasteiger partial charge is 0.459 e. The van der Waals surface area contributed by atoms with Gasteiger partial charge in [0.1, 0.15) is 11.3 Å². The summed E-state index contributed by atoms with van der Waals surface area (Å²) in [7, 11) is 0. The van der Waals surface area contributed by atoms with Gasteiger partial charge in [0.15, 0.2) is 0 Å². The fraction of sp³-hybridized carbons (Fsp3) is 0.438. The molecule has 0 saturated carbocycles. The van der Waals surface area contributed by atoms with Crippen LogP contribution in [0.2, 0.25) is 0 Å². The molecule has 2 aromatic rings. The van der Waals surface area contributed by atoms with Crippen molar-refractivity contribution in [2.75, 3.05) is 6.54 Å². The minimum absolute atomic E-state index is 0.252. The van der Waals surface area contributed by atoms with Crippen LogP contribution in [0, 0.1) is 6.92 Å². The van der Waals surface area contributed by atoms with Gasteiger partial charge >= 0.3 is 6.03 Å². The Bertz CT molecular complexity index is 607. The van der Waals surface area contributed by atoms with Crippen molar-refractivity contribution in [2.24, 2.45) is 0 Å². The van der Waals surface area contributed by atoms with E-state index in [4.69, 9.17) is 4.42 Å². The minimum atomic E-state index is -0.358. The van der Waals surface area contributed by atoms with E-state index in [1.165, 1.54) is 0 Å². The molecule has 1 aromatic heterocycles. The first kappa shape index (κ1) is 15.4. The Morgan fingerprint density at radius 2 is 2.10 bits per heavy atom. The lowest BCUT2D eigenvalue weighted by Gasteiger charge is -2.09. The zero-order chi connectivity index (χ0) is 15.2. The molecule has 0 spiro atoms. The summed E-state index contributed by atoms with van der Waals surface area (Å²) < 4.78 is 5.73. The number of carbonyl (C=O) groups excluding carboxylic acids is 1. The van der Waals surface area contributed by atoms with Crippen molar-refractivity contribution in [3.05, 3.63) is 35.6 Å². The number of aryl methyl sites for hydroxylation is 1. The van der Waals surface area contributed by atoms with E-state index < -0.39 is 0 Å². The molecular weight excluding hydrogens is 268 g/mol. The second kappa shape index (κ2) is 7.13. The van der Waals surface area contributed by atoms with Gasteiger partial charge in [0, 0.05) is 17.5 Å². The molecule has 0 saturated heterocycles. The van der Waals surface area contributed by atoms with E-state index in [0.717, 1.165) is 22.3 Å². The Morgan fingerprint density at radius 3 is 2.81 bits per heavy atom. The van der Waals surface area contributed by atoms with Gasteiger partial charge in [-0.1, -0.05) is 25.1 Å². The SMILES string of the molecule is CCC(O)CCNC(=O)NCc1oc2ccccc2c1C. The number of urea groups is 1. The van der Waals surface area contributed by atoms with Gasteiger partial charge in [0.05, 0.1) is 12.6 Å². The van der Waals surface area contributed by atoms with Gasteiger partial charge in [0.2, 0.25) is 0 Å². The van der Waals surface area contributed by atoms with Crippen LogP contribution in [0.1, 0.15) is 31.1 Å². The zero-order valence-electron chi connectivity index (χ0n) is 12.5. The number of furan rings is 1. The molecule has 0 radical (unpaired) electrons. The lowest BCUT2D eigenvalue weighted by atomic mass is 10.1. The molecule has 0 aliphatic carbocycles. The van der Waals surface area contributed by atoms with E-state index in [9.17, 15) is 9.90 Å². The fourth-order valence-electron chi connectivity index (χ4n) is 2.17. The van der Waals surface area contributed by atoms with Gasteiger partial charge in [-0.3, -0.25) is 0 Å². The van der Waals surface area contributed by atoms with Gasteiger partial charge in [-0.05, 0) is 25.8 Å². The van der Waals surface area contributed by atoms with Crippen molar-refractivity contribution in [1.29, 1.82) is 0 Å². The van der Waals surface area contributed by atoms with Crippen molar-refractivity contribution in [3.8, 4) is 0 Å². The first-order chi connectivity index (χ1) is 10.1. The summed E-state index contributed by atoms with van der Waals surface area (Å²) in [6.07, 6.45) is 0.901. The summed E-state index contributed by atoms with van der Waals surface area (Å²) in [5.41, 5.74) is 1.88. The average Bonchev–Trinajstić information content (AvgIpc) is 2.82.